The van der Waals surface area contributed by atoms with Crippen molar-refractivity contribution >= 4 is 12.0 Å². The first kappa shape index (κ1) is 12.6. The van der Waals surface area contributed by atoms with Crippen molar-refractivity contribution in [3.05, 3.63) is 35.5 Å². The average Bonchev–Trinajstić information content (AvgIpc) is 2.38. The molecule has 0 aliphatic carbocycles. The van der Waals surface area contributed by atoms with Gasteiger partial charge in [0.15, 0.2) is 5.11 Å². The molecular weight excluding hydrogens is 222 g/mol. The van der Waals surface area contributed by atoms with Crippen molar-refractivity contribution in [3.8, 4) is 5.75 Å². The Kier molecular flexibility index (Phi) is 4.59. The topological polar surface area (TPSA) is 85.8 Å². The van der Waals surface area contributed by atoms with Crippen LogP contribution in [0.4, 0.5) is 0 Å². The summed E-state index contributed by atoms with van der Waals surface area (Å²) >= 11 is 0. The Labute approximate surface area is 98.1 Å². The maximum absolute atomic E-state index is 11.3. The summed E-state index contributed by atoms with van der Waals surface area (Å²) in [7, 11) is 2.81. The average molecular weight is 234 g/mol. The Morgan fingerprint density at radius 2 is 2.00 bits per heavy atom. The van der Waals surface area contributed by atoms with Crippen LogP contribution in [0.2, 0.25) is 0 Å². The molecule has 0 radical (unpaired) electrons. The lowest BCUT2D eigenvalue weighted by molar-refractivity contribution is -0.136. The second-order valence-electron chi connectivity index (χ2n) is 2.99. The minimum atomic E-state index is -0.642. The number of carbonyl (C=O) groups is 1. The highest BCUT2D eigenvalue weighted by Gasteiger charge is 2.13. The van der Waals surface area contributed by atoms with Gasteiger partial charge in [0.05, 0.1) is 14.2 Å². The van der Waals surface area contributed by atoms with Crippen molar-refractivity contribution in [1.82, 2.24) is 4.91 Å². The van der Waals surface area contributed by atoms with Crippen LogP contribution in [-0.2, 0) is 9.53 Å². The van der Waals surface area contributed by atoms with Crippen LogP contribution in [0.25, 0.3) is 6.08 Å². The van der Waals surface area contributed by atoms with E-state index < -0.39 is 5.97 Å². The maximum atomic E-state index is 11.3. The fraction of sp³-hybridized carbons (Fsp3) is 0.182. The molecule has 17 heavy (non-hydrogen) atoms. The van der Waals surface area contributed by atoms with Crippen LogP contribution in [0.1, 0.15) is 5.56 Å². The molecule has 1 rings (SSSR count). The number of rotatable bonds is 4. The van der Waals surface area contributed by atoms with Gasteiger partial charge in [0.2, 0.25) is 10.6 Å². The molecule has 6 nitrogen and oxygen atoms in total. The van der Waals surface area contributed by atoms with Gasteiger partial charge in [-0.1, -0.05) is 12.1 Å². The molecule has 0 bridgehead atoms. The predicted octanol–water partition coefficient (Wildman–Crippen LogP) is 1.76. The lowest BCUT2D eigenvalue weighted by atomic mass is 10.2. The van der Waals surface area contributed by atoms with Gasteiger partial charge in [-0.3, -0.25) is 0 Å². The summed E-state index contributed by atoms with van der Waals surface area (Å²) in [5, 5.41) is 3.38. The Hall–Kier alpha value is -2.46. The highest BCUT2D eigenvalue weighted by molar-refractivity contribution is 5.93. The zero-order valence-corrected chi connectivity index (χ0v) is 9.51. The van der Waals surface area contributed by atoms with E-state index in [-0.39, 0.29) is 5.70 Å². The quantitative estimate of drug-likeness (QED) is 0.372. The number of methoxy groups -OCH3 is 2. The molecule has 0 atom stereocenters. The summed E-state index contributed by atoms with van der Waals surface area (Å²) in [4.78, 5) is 14.1. The van der Waals surface area contributed by atoms with Crippen molar-refractivity contribution < 1.29 is 14.3 Å². The molecule has 0 amide bonds. The summed E-state index contributed by atoms with van der Waals surface area (Å²) in [5.41, 5.74) is 7.32. The molecule has 0 fully saturated rings. The Bertz CT molecular complexity index is 473. The summed E-state index contributed by atoms with van der Waals surface area (Å²) in [6.45, 7) is 0. The van der Waals surface area contributed by atoms with Crippen molar-refractivity contribution in [2.75, 3.05) is 14.2 Å². The normalized spacial score (nSPS) is 10.4. The van der Waals surface area contributed by atoms with E-state index in [1.54, 1.807) is 31.4 Å². The van der Waals surface area contributed by atoms with E-state index in [9.17, 15) is 4.79 Å². The van der Waals surface area contributed by atoms with Crippen LogP contribution in [0.3, 0.4) is 0 Å². The fourth-order valence-corrected chi connectivity index (χ4v) is 1.15. The first-order valence-corrected chi connectivity index (χ1v) is 4.72. The van der Waals surface area contributed by atoms with E-state index in [1.807, 2.05) is 0 Å². The van der Waals surface area contributed by atoms with Gasteiger partial charge >= 0.3 is 5.97 Å². The molecule has 1 N–H and O–H groups in total. The van der Waals surface area contributed by atoms with Gasteiger partial charge in [-0.25, -0.2) is 4.79 Å². The summed E-state index contributed by atoms with van der Waals surface area (Å²) < 4.78 is 9.52. The van der Waals surface area contributed by atoms with Crippen LogP contribution >= 0.6 is 0 Å². The summed E-state index contributed by atoms with van der Waals surface area (Å²) in [6, 6.07) is 7.00. The fourth-order valence-electron chi connectivity index (χ4n) is 1.15. The van der Waals surface area contributed by atoms with Crippen LogP contribution < -0.4 is 9.65 Å². The smallest absolute Gasteiger partial charge is 0.364 e. The first-order valence-electron chi connectivity index (χ1n) is 4.72. The first-order chi connectivity index (χ1) is 8.21. The molecule has 0 heterocycles. The molecule has 0 aromatic heterocycles. The highest BCUT2D eigenvalue weighted by atomic mass is 16.5. The minimum absolute atomic E-state index is 0.0346. The van der Waals surface area contributed by atoms with E-state index in [2.05, 4.69) is 14.8 Å². The maximum Gasteiger partial charge on any atom is 0.364 e. The standard InChI is InChI=1S/C11H12N3O3/c1-16-9-5-3-8(4-6-9)7-10(13-14-12)11(15)17-2/h3-7,12H,1-2H3/q+1/b10-7+. The molecule has 0 spiro atoms. The van der Waals surface area contributed by atoms with Crippen LogP contribution in [0.5, 0.6) is 5.75 Å². The van der Waals surface area contributed by atoms with Crippen molar-refractivity contribution in [2.24, 2.45) is 5.11 Å². The second kappa shape index (κ2) is 6.19. The second-order valence-corrected chi connectivity index (χ2v) is 2.99. The number of hydrogen-bond donors (Lipinski definition) is 1. The summed E-state index contributed by atoms with van der Waals surface area (Å²) in [6.07, 6.45) is 1.48. The van der Waals surface area contributed by atoms with Crippen molar-refractivity contribution in [3.63, 3.8) is 0 Å². The zero-order valence-electron chi connectivity index (χ0n) is 9.51. The number of carbonyl (C=O) groups excluding carboxylic acids is 1. The largest absolute Gasteiger partial charge is 0.497 e. The van der Waals surface area contributed by atoms with E-state index in [0.29, 0.717) is 5.75 Å². The Morgan fingerprint density at radius 1 is 1.35 bits per heavy atom. The lowest BCUT2D eigenvalue weighted by Gasteiger charge is -1.99. The van der Waals surface area contributed by atoms with Crippen molar-refractivity contribution in [1.29, 1.82) is 5.53 Å². The van der Waals surface area contributed by atoms with E-state index in [1.165, 1.54) is 13.2 Å². The molecular formula is C11H12N3O3+. The summed E-state index contributed by atoms with van der Waals surface area (Å²) in [5.74, 6) is 0.0701. The van der Waals surface area contributed by atoms with Gasteiger partial charge in [-0.2, -0.15) is 0 Å². The molecule has 0 unspecified atom stereocenters. The minimum Gasteiger partial charge on any atom is -0.497 e. The number of esters is 1. The van der Waals surface area contributed by atoms with Crippen LogP contribution in [0, 0.1) is 5.53 Å². The third kappa shape index (κ3) is 3.55. The van der Waals surface area contributed by atoms with Gasteiger partial charge in [0, 0.05) is 0 Å². The predicted molar refractivity (Wildman–Crippen MR) is 60.3 cm³/mol. The highest BCUT2D eigenvalue weighted by Crippen LogP contribution is 2.14. The van der Waals surface area contributed by atoms with Gasteiger partial charge in [-0.15, -0.1) is 0 Å². The van der Waals surface area contributed by atoms with Crippen LogP contribution in [0.15, 0.2) is 35.1 Å². The Balaban J connectivity index is 3.03. The lowest BCUT2D eigenvalue weighted by Crippen LogP contribution is -2.02. The van der Waals surface area contributed by atoms with E-state index >= 15 is 0 Å². The van der Waals surface area contributed by atoms with Gasteiger partial charge in [0.1, 0.15) is 11.3 Å². The number of nitrogens with zero attached hydrogens (tertiary/aromatic N) is 2. The number of benzene rings is 1. The molecule has 0 saturated carbocycles. The molecule has 1 aromatic rings. The van der Waals surface area contributed by atoms with Crippen LogP contribution in [-0.4, -0.2) is 20.2 Å². The molecule has 6 heteroatoms. The zero-order chi connectivity index (χ0) is 12.7. The van der Waals surface area contributed by atoms with Crippen molar-refractivity contribution in [2.45, 2.75) is 0 Å². The molecule has 88 valence electrons. The Morgan fingerprint density at radius 3 is 2.47 bits per heavy atom. The SMILES string of the molecule is COC(=O)/C(=C\c1ccc(OC)cc1)N=[N+]=N. The van der Waals surface area contributed by atoms with E-state index in [0.717, 1.165) is 5.56 Å². The third-order valence-electron chi connectivity index (χ3n) is 1.97. The van der Waals surface area contributed by atoms with Gasteiger partial charge < -0.3 is 9.47 Å². The van der Waals surface area contributed by atoms with Gasteiger partial charge in [0.25, 0.3) is 0 Å². The number of nitrogens with one attached hydrogen (secondary N) is 1. The monoisotopic (exact) mass is 234 g/mol. The molecule has 0 aliphatic heterocycles. The molecule has 0 saturated heterocycles. The van der Waals surface area contributed by atoms with Gasteiger partial charge in [-0.05, 0) is 23.8 Å². The third-order valence-corrected chi connectivity index (χ3v) is 1.97. The number of hydrogen-bond acceptors (Lipinski definition) is 5. The molecule has 0 aliphatic rings. The molecule has 1 aromatic carbocycles. The van der Waals surface area contributed by atoms with E-state index in [4.69, 9.17) is 10.3 Å². The number of ether oxygens (including phenoxy) is 2.